The normalized spacial score (nSPS) is 19.2. The van der Waals surface area contributed by atoms with Crippen molar-refractivity contribution in [3.05, 3.63) is 60.3 Å². The van der Waals surface area contributed by atoms with Crippen LogP contribution in [0.2, 0.25) is 0 Å². The Labute approximate surface area is 216 Å². The van der Waals surface area contributed by atoms with Crippen molar-refractivity contribution in [2.75, 3.05) is 39.6 Å². The number of rotatable bonds is 11. The molecule has 0 amide bonds. The number of pyridine rings is 1. The summed E-state index contributed by atoms with van der Waals surface area (Å²) in [6.45, 7) is 2.23. The van der Waals surface area contributed by atoms with Gasteiger partial charge in [-0.05, 0) is 73.7 Å². The van der Waals surface area contributed by atoms with Crippen LogP contribution in [0.3, 0.4) is 0 Å². The van der Waals surface area contributed by atoms with Crippen LogP contribution in [0, 0.1) is 11.8 Å². The Kier molecular flexibility index (Phi) is 9.07. The van der Waals surface area contributed by atoms with Crippen LogP contribution < -0.4 is 9.47 Å². The molecule has 0 bridgehead atoms. The predicted octanol–water partition coefficient (Wildman–Crippen LogP) is 4.88. The fourth-order valence-electron chi connectivity index (χ4n) is 5.01. The van der Waals surface area contributed by atoms with Crippen LogP contribution >= 0.6 is 11.8 Å². The molecule has 0 saturated carbocycles. The Morgan fingerprint density at radius 1 is 1.19 bits per heavy atom. The maximum absolute atomic E-state index is 12.1. The van der Waals surface area contributed by atoms with E-state index in [0.717, 1.165) is 52.4 Å². The number of benzene rings is 2. The predicted molar refractivity (Wildman–Crippen MR) is 142 cm³/mol. The van der Waals surface area contributed by atoms with Crippen molar-refractivity contribution in [2.24, 2.45) is 11.8 Å². The molecule has 4 rings (SSSR count). The highest BCUT2D eigenvalue weighted by Crippen LogP contribution is 2.34. The summed E-state index contributed by atoms with van der Waals surface area (Å²) >= 11 is 1.73. The van der Waals surface area contributed by atoms with E-state index < -0.39 is 18.0 Å². The van der Waals surface area contributed by atoms with Crippen molar-refractivity contribution in [1.82, 2.24) is 9.88 Å². The van der Waals surface area contributed by atoms with Crippen LogP contribution in [0.15, 0.2) is 59.6 Å². The summed E-state index contributed by atoms with van der Waals surface area (Å²) in [5, 5.41) is 21.8. The Balaban J connectivity index is 1.33. The van der Waals surface area contributed by atoms with Gasteiger partial charge in [0.05, 0.1) is 31.8 Å². The fraction of sp³-hybridized carbons (Fsp3) is 0.429. The topological polar surface area (TPSA) is 92.1 Å². The van der Waals surface area contributed by atoms with Crippen LogP contribution in [0.25, 0.3) is 10.9 Å². The number of thioether (sulfide) groups is 1. The molecule has 0 unspecified atom stereocenters. The first-order chi connectivity index (χ1) is 17.5. The highest BCUT2D eigenvalue weighted by Gasteiger charge is 2.34. The van der Waals surface area contributed by atoms with Gasteiger partial charge in [-0.25, -0.2) is 0 Å². The van der Waals surface area contributed by atoms with Gasteiger partial charge in [0.25, 0.3) is 0 Å². The number of carboxylic acid groups (broad SMARTS) is 1. The summed E-state index contributed by atoms with van der Waals surface area (Å²) in [5.74, 6) is 1.30. The van der Waals surface area contributed by atoms with E-state index in [4.69, 9.17) is 9.47 Å². The van der Waals surface area contributed by atoms with E-state index in [1.807, 2.05) is 48.5 Å². The summed E-state index contributed by atoms with van der Waals surface area (Å²) in [6, 6.07) is 15.4. The number of nitrogens with zero attached hydrogens (tertiary/aromatic N) is 2. The number of piperidine rings is 1. The zero-order chi connectivity index (χ0) is 25.5. The van der Waals surface area contributed by atoms with Crippen molar-refractivity contribution in [1.29, 1.82) is 0 Å². The molecule has 1 aliphatic heterocycles. The number of hydrogen-bond acceptors (Lipinski definition) is 7. The molecule has 1 aliphatic rings. The molecule has 8 heteroatoms. The van der Waals surface area contributed by atoms with Gasteiger partial charge in [0.15, 0.2) is 0 Å². The van der Waals surface area contributed by atoms with Gasteiger partial charge in [0.1, 0.15) is 11.5 Å². The maximum atomic E-state index is 12.1. The number of methoxy groups -OCH3 is 2. The molecule has 0 spiro atoms. The molecule has 0 aliphatic carbocycles. The third-order valence-electron chi connectivity index (χ3n) is 7.04. The maximum Gasteiger partial charge on any atom is 0.308 e. The lowest BCUT2D eigenvalue weighted by atomic mass is 9.81. The van der Waals surface area contributed by atoms with Gasteiger partial charge in [0, 0.05) is 35.3 Å². The van der Waals surface area contributed by atoms with Gasteiger partial charge in [-0.2, -0.15) is 0 Å². The first-order valence-corrected chi connectivity index (χ1v) is 13.3. The molecule has 192 valence electrons. The Morgan fingerprint density at radius 3 is 2.81 bits per heavy atom. The third-order valence-corrected chi connectivity index (χ3v) is 8.08. The average molecular weight is 511 g/mol. The van der Waals surface area contributed by atoms with Gasteiger partial charge in [-0.3, -0.25) is 9.78 Å². The number of aliphatic hydroxyl groups excluding tert-OH is 1. The van der Waals surface area contributed by atoms with E-state index >= 15 is 0 Å². The molecule has 36 heavy (non-hydrogen) atoms. The number of fused-ring (bicyclic) bond motifs is 1. The van der Waals surface area contributed by atoms with Gasteiger partial charge in [0.2, 0.25) is 0 Å². The first kappa shape index (κ1) is 26.3. The van der Waals surface area contributed by atoms with Gasteiger partial charge in [-0.15, -0.1) is 11.8 Å². The molecule has 1 fully saturated rings. The minimum Gasteiger partial charge on any atom is -0.497 e. The van der Waals surface area contributed by atoms with E-state index in [1.165, 1.54) is 0 Å². The summed E-state index contributed by atoms with van der Waals surface area (Å²) in [5.41, 5.74) is 1.60. The minimum atomic E-state index is -0.754. The molecule has 1 aromatic heterocycles. The second-order valence-electron chi connectivity index (χ2n) is 9.17. The van der Waals surface area contributed by atoms with Crippen molar-refractivity contribution < 1.29 is 24.5 Å². The highest BCUT2D eigenvalue weighted by atomic mass is 32.2. The molecule has 3 atom stereocenters. The summed E-state index contributed by atoms with van der Waals surface area (Å²) in [6.07, 6.45) is 3.00. The number of aliphatic carboxylic acids is 1. The minimum absolute atomic E-state index is 0.0397. The van der Waals surface area contributed by atoms with E-state index in [1.54, 1.807) is 32.2 Å². The highest BCUT2D eigenvalue weighted by molar-refractivity contribution is 7.99. The Bertz CT molecular complexity index is 1170. The molecule has 2 heterocycles. The zero-order valence-electron chi connectivity index (χ0n) is 20.8. The lowest BCUT2D eigenvalue weighted by Gasteiger charge is -2.37. The largest absolute Gasteiger partial charge is 0.497 e. The van der Waals surface area contributed by atoms with Crippen LogP contribution in [-0.2, 0) is 4.79 Å². The molecule has 7 nitrogen and oxygen atoms in total. The Morgan fingerprint density at radius 2 is 2.03 bits per heavy atom. The second-order valence-corrected chi connectivity index (χ2v) is 10.3. The van der Waals surface area contributed by atoms with Gasteiger partial charge < -0.3 is 24.6 Å². The number of ether oxygens (including phenoxy) is 2. The van der Waals surface area contributed by atoms with E-state index in [-0.39, 0.29) is 5.92 Å². The SMILES string of the molecule is COc1ccc2nccc([C@@H](O)CC[C@@H]3CCN(CCSc4ccccc4OC)C[C@@H]3C(=O)O)c2c1. The van der Waals surface area contributed by atoms with Crippen LogP contribution in [0.4, 0.5) is 0 Å². The Hall–Kier alpha value is -2.81. The molecular formula is C28H34N2O5S. The van der Waals surface area contributed by atoms with Crippen LogP contribution in [0.5, 0.6) is 11.5 Å². The molecule has 3 aromatic rings. The van der Waals surface area contributed by atoms with E-state index in [9.17, 15) is 15.0 Å². The molecule has 2 N–H and O–H groups in total. The average Bonchev–Trinajstić information content (AvgIpc) is 2.91. The zero-order valence-corrected chi connectivity index (χ0v) is 21.6. The number of para-hydroxylation sites is 1. The van der Waals surface area contributed by atoms with Crippen molar-refractivity contribution in [3.8, 4) is 11.5 Å². The van der Waals surface area contributed by atoms with Crippen molar-refractivity contribution in [3.63, 3.8) is 0 Å². The summed E-state index contributed by atoms with van der Waals surface area (Å²) in [4.78, 5) is 19.8. The number of carboxylic acids is 1. The number of aromatic nitrogens is 1. The number of carbonyl (C=O) groups is 1. The third kappa shape index (κ3) is 6.30. The summed E-state index contributed by atoms with van der Waals surface area (Å²) < 4.78 is 10.8. The molecule has 1 saturated heterocycles. The number of likely N-dealkylation sites (tertiary alicyclic amines) is 1. The number of aliphatic hydroxyl groups is 1. The van der Waals surface area contributed by atoms with E-state index in [0.29, 0.717) is 25.1 Å². The van der Waals surface area contributed by atoms with Crippen molar-refractivity contribution in [2.45, 2.75) is 30.3 Å². The first-order valence-electron chi connectivity index (χ1n) is 12.3. The van der Waals surface area contributed by atoms with Gasteiger partial charge in [-0.1, -0.05) is 12.1 Å². The smallest absolute Gasteiger partial charge is 0.308 e. The van der Waals surface area contributed by atoms with Crippen LogP contribution in [-0.4, -0.2) is 65.7 Å². The fourth-order valence-corrected chi connectivity index (χ4v) is 6.05. The van der Waals surface area contributed by atoms with Gasteiger partial charge >= 0.3 is 5.97 Å². The molecular weight excluding hydrogens is 476 g/mol. The number of hydrogen-bond donors (Lipinski definition) is 2. The van der Waals surface area contributed by atoms with E-state index in [2.05, 4.69) is 9.88 Å². The monoisotopic (exact) mass is 510 g/mol. The summed E-state index contributed by atoms with van der Waals surface area (Å²) in [7, 11) is 3.29. The molecule has 0 radical (unpaired) electrons. The lowest BCUT2D eigenvalue weighted by Crippen LogP contribution is -2.44. The molecule has 2 aromatic carbocycles. The standard InChI is InChI=1S/C28H34N2O5S/c1-34-20-8-9-24-22(17-20)21(11-13-29-24)25(31)10-7-19-12-14-30(18-23(19)28(32)33)15-16-36-27-6-4-3-5-26(27)35-2/h3-6,8-9,11,13,17,19,23,25,31H,7,10,12,14-16,18H2,1-2H3,(H,32,33)/t19-,23+,25+/m1/s1. The quantitative estimate of drug-likeness (QED) is 0.353. The lowest BCUT2D eigenvalue weighted by molar-refractivity contribution is -0.146. The second kappa shape index (κ2) is 12.4. The van der Waals surface area contributed by atoms with Crippen molar-refractivity contribution >= 4 is 28.6 Å². The van der Waals surface area contributed by atoms with Crippen LogP contribution in [0.1, 0.15) is 30.9 Å².